The summed E-state index contributed by atoms with van der Waals surface area (Å²) < 4.78 is 11.6. The fourth-order valence-electron chi connectivity index (χ4n) is 2.58. The number of halogens is 1. The van der Waals surface area contributed by atoms with Crippen LogP contribution in [-0.2, 0) is 11.2 Å². The third-order valence-electron chi connectivity index (χ3n) is 3.72. The Morgan fingerprint density at radius 2 is 2.12 bits per heavy atom. The highest BCUT2D eigenvalue weighted by Crippen LogP contribution is 2.30. The Labute approximate surface area is 157 Å². The van der Waals surface area contributed by atoms with Gasteiger partial charge < -0.3 is 14.5 Å². The summed E-state index contributed by atoms with van der Waals surface area (Å²) in [5.74, 6) is 0.00260. The van der Waals surface area contributed by atoms with Gasteiger partial charge in [0.25, 0.3) is 5.69 Å². The lowest BCUT2D eigenvalue weighted by Gasteiger charge is -2.08. The van der Waals surface area contributed by atoms with Gasteiger partial charge in [0.05, 0.1) is 30.3 Å². The largest absolute Gasteiger partial charge is 0.494 e. The Kier molecular flexibility index (Phi) is 5.22. The van der Waals surface area contributed by atoms with Crippen molar-refractivity contribution in [2.75, 3.05) is 11.9 Å². The number of anilines is 1. The van der Waals surface area contributed by atoms with Crippen LogP contribution in [0.25, 0.3) is 11.0 Å². The molecule has 0 bridgehead atoms. The summed E-state index contributed by atoms with van der Waals surface area (Å²) in [5.41, 5.74) is 1.27. The minimum absolute atomic E-state index is 0.0355. The number of nitrogens with one attached hydrogen (secondary N) is 1. The minimum Gasteiger partial charge on any atom is -0.494 e. The number of fused-ring (bicyclic) bond motifs is 1. The second-order valence-electron chi connectivity index (χ2n) is 5.50. The average Bonchev–Trinajstić information content (AvgIpc) is 2.98. The number of nitro groups is 1. The van der Waals surface area contributed by atoms with Crippen LogP contribution in [0.5, 0.6) is 5.75 Å². The number of carbonyl (C=O) groups excluding carboxylic acids is 1. The number of furan rings is 1. The zero-order valence-corrected chi connectivity index (χ0v) is 15.4. The van der Waals surface area contributed by atoms with E-state index in [4.69, 9.17) is 9.15 Å². The summed E-state index contributed by atoms with van der Waals surface area (Å²) >= 11 is 3.39. The highest BCUT2D eigenvalue weighted by atomic mass is 79.9. The van der Waals surface area contributed by atoms with Gasteiger partial charge in [-0.25, -0.2) is 0 Å². The van der Waals surface area contributed by atoms with Crippen LogP contribution in [0.4, 0.5) is 11.4 Å². The zero-order chi connectivity index (χ0) is 18.7. The monoisotopic (exact) mass is 418 g/mol. The number of rotatable bonds is 6. The molecule has 0 aliphatic heterocycles. The molecule has 8 heteroatoms. The zero-order valence-electron chi connectivity index (χ0n) is 13.8. The third-order valence-corrected chi connectivity index (χ3v) is 4.21. The number of amides is 1. The van der Waals surface area contributed by atoms with Crippen molar-refractivity contribution in [1.29, 1.82) is 0 Å². The summed E-state index contributed by atoms with van der Waals surface area (Å²) in [4.78, 5) is 23.1. The molecule has 1 heterocycles. The Balaban J connectivity index is 1.81. The normalized spacial score (nSPS) is 10.7. The van der Waals surface area contributed by atoms with Gasteiger partial charge in [-0.3, -0.25) is 14.9 Å². The van der Waals surface area contributed by atoms with Crippen LogP contribution in [0.3, 0.4) is 0 Å². The fourth-order valence-corrected chi connectivity index (χ4v) is 2.94. The maximum atomic E-state index is 12.4. The summed E-state index contributed by atoms with van der Waals surface area (Å²) in [6.07, 6.45) is 1.55. The molecule has 3 aromatic rings. The summed E-state index contributed by atoms with van der Waals surface area (Å²) in [6.45, 7) is 2.18. The molecule has 26 heavy (non-hydrogen) atoms. The molecule has 0 aliphatic carbocycles. The summed E-state index contributed by atoms with van der Waals surface area (Å²) in [7, 11) is 0. The predicted molar refractivity (Wildman–Crippen MR) is 101 cm³/mol. The molecule has 0 saturated carbocycles. The molecule has 0 unspecified atom stereocenters. The highest BCUT2D eigenvalue weighted by Gasteiger charge is 2.18. The van der Waals surface area contributed by atoms with Crippen molar-refractivity contribution >= 4 is 44.2 Å². The van der Waals surface area contributed by atoms with Crippen LogP contribution >= 0.6 is 15.9 Å². The molecule has 1 amide bonds. The third kappa shape index (κ3) is 3.85. The Morgan fingerprint density at radius 3 is 2.85 bits per heavy atom. The second kappa shape index (κ2) is 7.57. The van der Waals surface area contributed by atoms with E-state index < -0.39 is 4.92 Å². The molecular weight excluding hydrogens is 404 g/mol. The molecule has 2 aromatic carbocycles. The standard InChI is InChI=1S/C18H15BrN2O5/c1-2-25-13-4-5-15(16(9-13)21(23)24)20-18(22)7-11-10-26-17-6-3-12(19)8-14(11)17/h3-6,8-10H,2,7H2,1H3,(H,20,22). The van der Waals surface area contributed by atoms with Crippen LogP contribution in [0.2, 0.25) is 0 Å². The van der Waals surface area contributed by atoms with E-state index >= 15 is 0 Å². The molecule has 0 atom stereocenters. The molecule has 0 spiro atoms. The van der Waals surface area contributed by atoms with Gasteiger partial charge >= 0.3 is 0 Å². The first kappa shape index (κ1) is 17.9. The maximum Gasteiger partial charge on any atom is 0.296 e. The molecule has 134 valence electrons. The van der Waals surface area contributed by atoms with Crippen LogP contribution in [0.15, 0.2) is 51.6 Å². The van der Waals surface area contributed by atoms with Gasteiger partial charge in [-0.15, -0.1) is 0 Å². The maximum absolute atomic E-state index is 12.4. The smallest absolute Gasteiger partial charge is 0.296 e. The van der Waals surface area contributed by atoms with Crippen molar-refractivity contribution in [3.05, 3.63) is 62.8 Å². The number of benzene rings is 2. The van der Waals surface area contributed by atoms with Crippen molar-refractivity contribution in [2.24, 2.45) is 0 Å². The van der Waals surface area contributed by atoms with E-state index in [-0.39, 0.29) is 23.7 Å². The number of carbonyl (C=O) groups is 1. The highest BCUT2D eigenvalue weighted by molar-refractivity contribution is 9.10. The summed E-state index contributed by atoms with van der Waals surface area (Å²) in [5, 5.41) is 14.7. The number of nitrogens with zero attached hydrogens (tertiary/aromatic N) is 1. The van der Waals surface area contributed by atoms with E-state index in [1.54, 1.807) is 19.1 Å². The summed E-state index contributed by atoms with van der Waals surface area (Å²) in [6, 6.07) is 9.85. The Bertz CT molecular complexity index is 983. The second-order valence-corrected chi connectivity index (χ2v) is 6.41. The molecule has 1 N–H and O–H groups in total. The van der Waals surface area contributed by atoms with Gasteiger partial charge in [0.1, 0.15) is 17.0 Å². The van der Waals surface area contributed by atoms with Crippen molar-refractivity contribution in [3.8, 4) is 5.75 Å². The number of nitro benzene ring substituents is 1. The Hall–Kier alpha value is -2.87. The SMILES string of the molecule is CCOc1ccc(NC(=O)Cc2coc3ccc(Br)cc23)c([N+](=O)[O-])c1. The molecule has 1 aromatic heterocycles. The Morgan fingerprint density at radius 1 is 1.31 bits per heavy atom. The van der Waals surface area contributed by atoms with Crippen molar-refractivity contribution < 1.29 is 18.9 Å². The number of hydrogen-bond acceptors (Lipinski definition) is 5. The molecule has 3 rings (SSSR count). The quantitative estimate of drug-likeness (QED) is 0.462. The molecule has 0 fully saturated rings. The van der Waals surface area contributed by atoms with Crippen molar-refractivity contribution in [3.63, 3.8) is 0 Å². The lowest BCUT2D eigenvalue weighted by molar-refractivity contribution is -0.384. The molecule has 0 radical (unpaired) electrons. The van der Waals surface area contributed by atoms with E-state index in [0.717, 1.165) is 9.86 Å². The predicted octanol–water partition coefficient (Wildman–Crippen LogP) is 4.68. The van der Waals surface area contributed by atoms with Gasteiger partial charge in [-0.2, -0.15) is 0 Å². The minimum atomic E-state index is -0.553. The molecule has 7 nitrogen and oxygen atoms in total. The first-order valence-corrected chi connectivity index (χ1v) is 8.64. The van der Waals surface area contributed by atoms with Gasteiger partial charge in [0.15, 0.2) is 0 Å². The number of hydrogen-bond donors (Lipinski definition) is 1. The molecule has 0 saturated heterocycles. The van der Waals surface area contributed by atoms with E-state index in [1.807, 2.05) is 12.1 Å². The van der Waals surface area contributed by atoms with Crippen molar-refractivity contribution in [1.82, 2.24) is 0 Å². The number of ether oxygens (including phenoxy) is 1. The lowest BCUT2D eigenvalue weighted by atomic mass is 10.1. The van der Waals surface area contributed by atoms with Crippen LogP contribution < -0.4 is 10.1 Å². The van der Waals surface area contributed by atoms with Gasteiger partial charge in [0, 0.05) is 15.4 Å². The lowest BCUT2D eigenvalue weighted by Crippen LogP contribution is -2.15. The molecular formula is C18H15BrN2O5. The topological polar surface area (TPSA) is 94.6 Å². The van der Waals surface area contributed by atoms with Crippen LogP contribution in [0, 0.1) is 10.1 Å². The molecule has 0 aliphatic rings. The van der Waals surface area contributed by atoms with E-state index in [2.05, 4.69) is 21.2 Å². The van der Waals surface area contributed by atoms with Crippen molar-refractivity contribution in [2.45, 2.75) is 13.3 Å². The van der Waals surface area contributed by atoms with Gasteiger partial charge in [-0.1, -0.05) is 15.9 Å². The van der Waals surface area contributed by atoms with Crippen LogP contribution in [0.1, 0.15) is 12.5 Å². The van der Waals surface area contributed by atoms with E-state index in [0.29, 0.717) is 23.5 Å². The van der Waals surface area contributed by atoms with Crippen LogP contribution in [-0.4, -0.2) is 17.4 Å². The van der Waals surface area contributed by atoms with E-state index in [9.17, 15) is 14.9 Å². The first-order chi connectivity index (χ1) is 12.5. The van der Waals surface area contributed by atoms with E-state index in [1.165, 1.54) is 18.4 Å². The van der Waals surface area contributed by atoms with Gasteiger partial charge in [-0.05, 0) is 37.3 Å². The first-order valence-electron chi connectivity index (χ1n) is 7.84. The average molecular weight is 419 g/mol. The fraction of sp³-hybridized carbons (Fsp3) is 0.167. The van der Waals surface area contributed by atoms with Gasteiger partial charge in [0.2, 0.25) is 5.91 Å².